The second-order valence-electron chi connectivity index (χ2n) is 8.07. The molecule has 2 heterocycles. The largest absolute Gasteiger partial charge is 0.339 e. The van der Waals surface area contributed by atoms with Crippen molar-refractivity contribution in [1.29, 1.82) is 0 Å². The highest BCUT2D eigenvalue weighted by Crippen LogP contribution is 2.29. The van der Waals surface area contributed by atoms with E-state index in [2.05, 4.69) is 78.0 Å². The SMILES string of the molecule is Cc1ccc(-n2c(SCC(=O)N3CCCC[C@H]3C)nnc2-c2cccc(C)c2)cc1. The minimum atomic E-state index is 0.183. The molecule has 0 unspecified atom stereocenters. The number of piperidine rings is 1. The number of likely N-dealkylation sites (tertiary alicyclic amines) is 1. The van der Waals surface area contributed by atoms with Crippen molar-refractivity contribution < 1.29 is 4.79 Å². The maximum absolute atomic E-state index is 12.8. The number of rotatable bonds is 5. The predicted molar refractivity (Wildman–Crippen MR) is 122 cm³/mol. The van der Waals surface area contributed by atoms with Crippen LogP contribution in [-0.2, 0) is 4.79 Å². The third-order valence-corrected chi connectivity index (χ3v) is 6.56. The Morgan fingerprint density at radius 3 is 2.60 bits per heavy atom. The molecule has 2 aromatic carbocycles. The highest BCUT2D eigenvalue weighted by atomic mass is 32.2. The molecule has 1 atom stereocenters. The van der Waals surface area contributed by atoms with Crippen LogP contribution in [0.25, 0.3) is 17.1 Å². The molecule has 0 saturated carbocycles. The van der Waals surface area contributed by atoms with Gasteiger partial charge >= 0.3 is 0 Å². The standard InChI is InChI=1S/C24H28N4OS/c1-17-10-12-21(13-11-17)28-23(20-9-6-7-18(2)15-20)25-26-24(28)30-16-22(29)27-14-5-4-8-19(27)3/h6-7,9-13,15,19H,4-5,8,14,16H2,1-3H3/t19-/m1/s1. The van der Waals surface area contributed by atoms with Gasteiger partial charge in [0.1, 0.15) is 0 Å². The molecule has 30 heavy (non-hydrogen) atoms. The summed E-state index contributed by atoms with van der Waals surface area (Å²) in [7, 11) is 0. The second-order valence-corrected chi connectivity index (χ2v) is 9.01. The summed E-state index contributed by atoms with van der Waals surface area (Å²) in [5.41, 5.74) is 4.40. The lowest BCUT2D eigenvalue weighted by atomic mass is 10.0. The Bertz CT molecular complexity index is 1030. The molecule has 1 fully saturated rings. The fourth-order valence-electron chi connectivity index (χ4n) is 3.94. The average Bonchev–Trinajstić information content (AvgIpc) is 3.17. The van der Waals surface area contributed by atoms with Gasteiger partial charge in [0.2, 0.25) is 5.91 Å². The van der Waals surface area contributed by atoms with Gasteiger partial charge in [0.05, 0.1) is 5.75 Å². The summed E-state index contributed by atoms with van der Waals surface area (Å²) in [6.45, 7) is 7.15. The summed E-state index contributed by atoms with van der Waals surface area (Å²) in [5.74, 6) is 1.36. The van der Waals surface area contributed by atoms with Crippen molar-refractivity contribution in [3.8, 4) is 17.1 Å². The Kier molecular flexibility index (Phi) is 6.23. The van der Waals surface area contributed by atoms with Crippen molar-refractivity contribution in [3.63, 3.8) is 0 Å². The van der Waals surface area contributed by atoms with Crippen LogP contribution in [0.15, 0.2) is 53.7 Å². The third kappa shape index (κ3) is 4.43. The van der Waals surface area contributed by atoms with Crippen molar-refractivity contribution in [1.82, 2.24) is 19.7 Å². The molecule has 0 aliphatic carbocycles. The average molecular weight is 421 g/mol. The lowest BCUT2D eigenvalue weighted by Crippen LogP contribution is -2.42. The summed E-state index contributed by atoms with van der Waals surface area (Å²) in [6.07, 6.45) is 3.39. The molecule has 1 amide bonds. The number of amides is 1. The molecule has 1 saturated heterocycles. The minimum absolute atomic E-state index is 0.183. The normalized spacial score (nSPS) is 16.6. The molecule has 0 bridgehead atoms. The summed E-state index contributed by atoms with van der Waals surface area (Å²) in [6, 6.07) is 16.9. The zero-order valence-corrected chi connectivity index (χ0v) is 18.7. The van der Waals surface area contributed by atoms with Crippen molar-refractivity contribution in [2.24, 2.45) is 0 Å². The maximum atomic E-state index is 12.8. The molecule has 5 nitrogen and oxygen atoms in total. The van der Waals surface area contributed by atoms with Crippen LogP contribution in [0.5, 0.6) is 0 Å². The second kappa shape index (κ2) is 9.04. The summed E-state index contributed by atoms with van der Waals surface area (Å²) in [5, 5.41) is 9.71. The smallest absolute Gasteiger partial charge is 0.233 e. The molecular formula is C24H28N4OS. The predicted octanol–water partition coefficient (Wildman–Crippen LogP) is 5.04. The zero-order valence-electron chi connectivity index (χ0n) is 17.8. The molecular weight excluding hydrogens is 392 g/mol. The molecule has 0 radical (unpaired) electrons. The Morgan fingerprint density at radius 1 is 1.07 bits per heavy atom. The number of aromatic nitrogens is 3. The Morgan fingerprint density at radius 2 is 1.87 bits per heavy atom. The first-order valence-corrected chi connectivity index (χ1v) is 11.5. The van der Waals surface area contributed by atoms with E-state index < -0.39 is 0 Å². The monoisotopic (exact) mass is 420 g/mol. The van der Waals surface area contributed by atoms with E-state index >= 15 is 0 Å². The lowest BCUT2D eigenvalue weighted by Gasteiger charge is -2.33. The van der Waals surface area contributed by atoms with E-state index in [0.29, 0.717) is 11.8 Å². The lowest BCUT2D eigenvalue weighted by molar-refractivity contribution is -0.131. The van der Waals surface area contributed by atoms with Crippen molar-refractivity contribution >= 4 is 17.7 Å². The first kappa shape index (κ1) is 20.7. The minimum Gasteiger partial charge on any atom is -0.339 e. The van der Waals surface area contributed by atoms with E-state index in [-0.39, 0.29) is 5.91 Å². The fraction of sp³-hybridized carbons (Fsp3) is 0.375. The van der Waals surface area contributed by atoms with Crippen LogP contribution in [-0.4, -0.2) is 43.9 Å². The molecule has 3 aromatic rings. The van der Waals surface area contributed by atoms with Gasteiger partial charge in [0, 0.05) is 23.8 Å². The van der Waals surface area contributed by atoms with Gasteiger partial charge in [-0.2, -0.15) is 0 Å². The fourth-order valence-corrected chi connectivity index (χ4v) is 4.78. The van der Waals surface area contributed by atoms with E-state index in [1.54, 1.807) is 0 Å². The van der Waals surface area contributed by atoms with Gasteiger partial charge in [0.25, 0.3) is 0 Å². The van der Waals surface area contributed by atoms with Crippen LogP contribution >= 0.6 is 11.8 Å². The number of hydrogen-bond acceptors (Lipinski definition) is 4. The highest BCUT2D eigenvalue weighted by molar-refractivity contribution is 7.99. The van der Waals surface area contributed by atoms with E-state index in [1.807, 2.05) is 11.0 Å². The highest BCUT2D eigenvalue weighted by Gasteiger charge is 2.24. The van der Waals surface area contributed by atoms with Gasteiger partial charge in [-0.15, -0.1) is 10.2 Å². The summed E-state index contributed by atoms with van der Waals surface area (Å²) in [4.78, 5) is 14.9. The number of hydrogen-bond donors (Lipinski definition) is 0. The van der Waals surface area contributed by atoms with Crippen molar-refractivity contribution in [2.75, 3.05) is 12.3 Å². The van der Waals surface area contributed by atoms with Gasteiger partial charge in [-0.05, 0) is 58.2 Å². The molecule has 1 aliphatic rings. The number of thioether (sulfide) groups is 1. The number of nitrogens with zero attached hydrogens (tertiary/aromatic N) is 4. The number of benzene rings is 2. The molecule has 6 heteroatoms. The van der Waals surface area contributed by atoms with Gasteiger partial charge < -0.3 is 4.90 Å². The molecule has 0 N–H and O–H groups in total. The van der Waals surface area contributed by atoms with E-state index in [1.165, 1.54) is 29.3 Å². The summed E-state index contributed by atoms with van der Waals surface area (Å²) >= 11 is 1.47. The van der Waals surface area contributed by atoms with Crippen LogP contribution in [0.2, 0.25) is 0 Å². The van der Waals surface area contributed by atoms with Crippen LogP contribution in [0, 0.1) is 13.8 Å². The third-order valence-electron chi connectivity index (χ3n) is 5.65. The van der Waals surface area contributed by atoms with Gasteiger partial charge in [-0.1, -0.05) is 53.2 Å². The van der Waals surface area contributed by atoms with Gasteiger partial charge in [0.15, 0.2) is 11.0 Å². The first-order valence-electron chi connectivity index (χ1n) is 10.5. The number of aryl methyl sites for hydroxylation is 2. The van der Waals surface area contributed by atoms with Crippen LogP contribution in [0.1, 0.15) is 37.3 Å². The molecule has 1 aromatic heterocycles. The van der Waals surface area contributed by atoms with E-state index in [9.17, 15) is 4.79 Å². The molecule has 156 valence electrons. The van der Waals surface area contributed by atoms with Gasteiger partial charge in [-0.3, -0.25) is 9.36 Å². The van der Waals surface area contributed by atoms with Crippen LogP contribution in [0.4, 0.5) is 0 Å². The topological polar surface area (TPSA) is 51.0 Å². The van der Waals surface area contributed by atoms with Crippen LogP contribution < -0.4 is 0 Å². The van der Waals surface area contributed by atoms with Crippen LogP contribution in [0.3, 0.4) is 0 Å². The Balaban J connectivity index is 1.64. The summed E-state index contributed by atoms with van der Waals surface area (Å²) < 4.78 is 2.06. The van der Waals surface area contributed by atoms with Gasteiger partial charge in [-0.25, -0.2) is 0 Å². The molecule has 0 spiro atoms. The molecule has 4 rings (SSSR count). The number of carbonyl (C=O) groups excluding carboxylic acids is 1. The van der Waals surface area contributed by atoms with E-state index in [4.69, 9.17) is 0 Å². The Hall–Kier alpha value is -2.60. The molecule has 1 aliphatic heterocycles. The quantitative estimate of drug-likeness (QED) is 0.542. The Labute approximate surface area is 182 Å². The maximum Gasteiger partial charge on any atom is 0.233 e. The zero-order chi connectivity index (χ0) is 21.1. The van der Waals surface area contributed by atoms with Crippen molar-refractivity contribution in [3.05, 3.63) is 59.7 Å². The van der Waals surface area contributed by atoms with E-state index in [0.717, 1.165) is 41.6 Å². The number of carbonyl (C=O) groups is 1. The van der Waals surface area contributed by atoms with Crippen molar-refractivity contribution in [2.45, 2.75) is 51.2 Å². The first-order chi connectivity index (χ1) is 14.5.